The van der Waals surface area contributed by atoms with E-state index in [0.717, 1.165) is 16.8 Å². The third-order valence-corrected chi connectivity index (χ3v) is 5.05. The Hall–Kier alpha value is -2.22. The molecule has 1 amide bonds. The van der Waals surface area contributed by atoms with Gasteiger partial charge in [-0.2, -0.15) is 13.1 Å². The van der Waals surface area contributed by atoms with E-state index in [-0.39, 0.29) is 24.9 Å². The second kappa shape index (κ2) is 7.12. The molecule has 1 unspecified atom stereocenters. The highest BCUT2D eigenvalue weighted by molar-refractivity contribution is 7.87. The molecule has 0 fully saturated rings. The number of anilines is 1. The zero-order chi connectivity index (χ0) is 17.0. The van der Waals surface area contributed by atoms with Crippen LogP contribution in [0, 0.1) is 0 Å². The molecule has 126 valence electrons. The highest BCUT2D eigenvalue weighted by Gasteiger charge is 2.29. The van der Waals surface area contributed by atoms with Crippen LogP contribution in [0.5, 0.6) is 0 Å². The summed E-state index contributed by atoms with van der Waals surface area (Å²) in [7, 11) is -3.60. The summed E-state index contributed by atoms with van der Waals surface area (Å²) in [6.45, 7) is 0.416. The summed E-state index contributed by atoms with van der Waals surface area (Å²) in [5.41, 5.74) is 2.60. The van der Waals surface area contributed by atoms with Crippen LogP contribution in [-0.2, 0) is 21.5 Å². The Balaban J connectivity index is 1.51. The molecule has 24 heavy (non-hydrogen) atoms. The van der Waals surface area contributed by atoms with Gasteiger partial charge in [0.25, 0.3) is 10.2 Å². The van der Waals surface area contributed by atoms with Gasteiger partial charge in [0, 0.05) is 18.8 Å². The number of rotatable bonds is 7. The number of amides is 1. The maximum atomic E-state index is 12.0. The van der Waals surface area contributed by atoms with Crippen LogP contribution in [0.25, 0.3) is 0 Å². The zero-order valence-electron chi connectivity index (χ0n) is 13.0. The lowest BCUT2D eigenvalue weighted by molar-refractivity contribution is -0.117. The van der Waals surface area contributed by atoms with Crippen LogP contribution in [0.1, 0.15) is 23.5 Å². The molecule has 0 aliphatic carbocycles. The number of carbonyl (C=O) groups is 1. The lowest BCUT2D eigenvalue weighted by Gasteiger charge is -2.11. The largest absolute Gasteiger partial charge is 0.325 e. The van der Waals surface area contributed by atoms with Gasteiger partial charge in [0.1, 0.15) is 0 Å². The number of benzene rings is 2. The molecule has 0 saturated carbocycles. The molecule has 2 aromatic rings. The van der Waals surface area contributed by atoms with Crippen molar-refractivity contribution < 1.29 is 13.2 Å². The molecule has 1 aliphatic rings. The summed E-state index contributed by atoms with van der Waals surface area (Å²) in [5.74, 6) is -0.411. The lowest BCUT2D eigenvalue weighted by atomic mass is 9.97. The summed E-state index contributed by atoms with van der Waals surface area (Å²) in [6.07, 6.45) is 0.412. The second-order valence-electron chi connectivity index (χ2n) is 5.62. The number of hydrogen-bond acceptors (Lipinski definition) is 3. The van der Waals surface area contributed by atoms with E-state index < -0.39 is 10.2 Å². The smallest absolute Gasteiger partial charge is 0.277 e. The summed E-state index contributed by atoms with van der Waals surface area (Å²) in [6, 6.07) is 16.8. The minimum atomic E-state index is -3.60. The van der Waals surface area contributed by atoms with Gasteiger partial charge in [0.2, 0.25) is 5.91 Å². The molecule has 2 aromatic carbocycles. The monoisotopic (exact) mass is 345 g/mol. The van der Waals surface area contributed by atoms with E-state index in [0.29, 0.717) is 6.42 Å². The Kier molecular flexibility index (Phi) is 4.94. The van der Waals surface area contributed by atoms with Crippen molar-refractivity contribution in [1.82, 2.24) is 9.44 Å². The first-order valence-electron chi connectivity index (χ1n) is 7.73. The number of fused-ring (bicyclic) bond motifs is 1. The Morgan fingerprint density at radius 1 is 0.958 bits per heavy atom. The van der Waals surface area contributed by atoms with Crippen LogP contribution >= 0.6 is 0 Å². The van der Waals surface area contributed by atoms with Crippen LogP contribution in [0.15, 0.2) is 54.6 Å². The lowest BCUT2D eigenvalue weighted by Crippen LogP contribution is -2.37. The average molecular weight is 345 g/mol. The van der Waals surface area contributed by atoms with Gasteiger partial charge >= 0.3 is 0 Å². The maximum absolute atomic E-state index is 12.0. The van der Waals surface area contributed by atoms with Crippen molar-refractivity contribution in [3.8, 4) is 0 Å². The van der Waals surface area contributed by atoms with Crippen molar-refractivity contribution in [3.63, 3.8) is 0 Å². The molecule has 1 heterocycles. The Morgan fingerprint density at radius 3 is 2.46 bits per heavy atom. The molecule has 1 atom stereocenters. The Bertz CT molecular complexity index is 822. The highest BCUT2D eigenvalue weighted by Crippen LogP contribution is 2.33. The van der Waals surface area contributed by atoms with Gasteiger partial charge in [-0.05, 0) is 23.6 Å². The fraction of sp³-hybridized carbons (Fsp3) is 0.235. The normalized spacial score (nSPS) is 16.7. The van der Waals surface area contributed by atoms with E-state index >= 15 is 0 Å². The molecule has 0 spiro atoms. The molecule has 0 radical (unpaired) electrons. The zero-order valence-corrected chi connectivity index (χ0v) is 13.8. The summed E-state index contributed by atoms with van der Waals surface area (Å²) in [4.78, 5) is 12.0. The molecule has 6 nitrogen and oxygen atoms in total. The third kappa shape index (κ3) is 4.00. The molecule has 7 heteroatoms. The predicted molar refractivity (Wildman–Crippen MR) is 92.6 cm³/mol. The van der Waals surface area contributed by atoms with Crippen LogP contribution in [0.3, 0.4) is 0 Å². The fourth-order valence-electron chi connectivity index (χ4n) is 2.73. The third-order valence-electron chi connectivity index (χ3n) is 3.94. The average Bonchev–Trinajstić information content (AvgIpc) is 2.90. The van der Waals surface area contributed by atoms with E-state index in [9.17, 15) is 13.2 Å². The Labute approximate surface area is 141 Å². The molecule has 0 aromatic heterocycles. The van der Waals surface area contributed by atoms with E-state index in [2.05, 4.69) is 14.8 Å². The van der Waals surface area contributed by atoms with Gasteiger partial charge in [0.05, 0.1) is 5.92 Å². The van der Waals surface area contributed by atoms with Crippen molar-refractivity contribution in [1.29, 1.82) is 0 Å². The highest BCUT2D eigenvalue weighted by atomic mass is 32.2. The topological polar surface area (TPSA) is 87.3 Å². The molecule has 0 bridgehead atoms. The van der Waals surface area contributed by atoms with Gasteiger partial charge in [0.15, 0.2) is 0 Å². The molecule has 0 saturated heterocycles. The van der Waals surface area contributed by atoms with Crippen molar-refractivity contribution >= 4 is 21.8 Å². The SMILES string of the molecule is O=C1Nc2ccccc2C1CCNS(=O)(=O)NCc1ccccc1. The van der Waals surface area contributed by atoms with E-state index in [1.807, 2.05) is 54.6 Å². The molecule has 1 aliphatic heterocycles. The van der Waals surface area contributed by atoms with Gasteiger partial charge in [-0.15, -0.1) is 0 Å². The maximum Gasteiger partial charge on any atom is 0.277 e. The number of hydrogen-bond donors (Lipinski definition) is 3. The second-order valence-corrected chi connectivity index (χ2v) is 7.21. The summed E-state index contributed by atoms with van der Waals surface area (Å²) < 4.78 is 28.9. The predicted octanol–water partition coefficient (Wildman–Crippen LogP) is 1.74. The molecule has 3 N–H and O–H groups in total. The van der Waals surface area contributed by atoms with Gasteiger partial charge < -0.3 is 5.32 Å². The van der Waals surface area contributed by atoms with Crippen molar-refractivity contribution in [3.05, 3.63) is 65.7 Å². The first kappa shape index (κ1) is 16.6. The van der Waals surface area contributed by atoms with Crippen molar-refractivity contribution in [2.24, 2.45) is 0 Å². The van der Waals surface area contributed by atoms with E-state index in [1.165, 1.54) is 0 Å². The fourth-order valence-corrected chi connectivity index (χ4v) is 3.57. The van der Waals surface area contributed by atoms with Crippen molar-refractivity contribution in [2.75, 3.05) is 11.9 Å². The van der Waals surface area contributed by atoms with Crippen LogP contribution in [0.4, 0.5) is 5.69 Å². The minimum Gasteiger partial charge on any atom is -0.325 e. The van der Waals surface area contributed by atoms with Gasteiger partial charge in [-0.3, -0.25) is 4.79 Å². The van der Waals surface area contributed by atoms with E-state index in [1.54, 1.807) is 0 Å². The molecular formula is C17H19N3O3S. The number of nitrogens with one attached hydrogen (secondary N) is 3. The quantitative estimate of drug-likeness (QED) is 0.714. The van der Waals surface area contributed by atoms with Crippen LogP contribution < -0.4 is 14.8 Å². The van der Waals surface area contributed by atoms with Gasteiger partial charge in [-0.25, -0.2) is 4.72 Å². The van der Waals surface area contributed by atoms with E-state index in [4.69, 9.17) is 0 Å². The van der Waals surface area contributed by atoms with Crippen molar-refractivity contribution in [2.45, 2.75) is 18.9 Å². The molecule has 3 rings (SSSR count). The summed E-state index contributed by atoms with van der Waals surface area (Å²) >= 11 is 0. The molecular weight excluding hydrogens is 326 g/mol. The number of carbonyl (C=O) groups excluding carboxylic acids is 1. The first-order chi connectivity index (χ1) is 11.6. The Morgan fingerprint density at radius 2 is 1.67 bits per heavy atom. The van der Waals surface area contributed by atoms with Crippen LogP contribution in [-0.4, -0.2) is 20.9 Å². The number of para-hydroxylation sites is 1. The van der Waals surface area contributed by atoms with Crippen LogP contribution in [0.2, 0.25) is 0 Å². The first-order valence-corrected chi connectivity index (χ1v) is 9.21. The standard InChI is InChI=1S/C17H19N3O3S/c21-17-15(14-8-4-5-9-16(14)20-17)10-11-18-24(22,23)19-12-13-6-2-1-3-7-13/h1-9,15,18-19H,10-12H2,(H,20,21). The minimum absolute atomic E-state index is 0.0901. The van der Waals surface area contributed by atoms with Gasteiger partial charge in [-0.1, -0.05) is 48.5 Å². The summed E-state index contributed by atoms with van der Waals surface area (Å²) in [5, 5.41) is 2.81.